The van der Waals surface area contributed by atoms with E-state index in [0.717, 1.165) is 0 Å². The van der Waals surface area contributed by atoms with Crippen molar-refractivity contribution in [1.29, 1.82) is 0 Å². The van der Waals surface area contributed by atoms with Gasteiger partial charge in [-0.2, -0.15) is 0 Å². The predicted molar refractivity (Wildman–Crippen MR) is 49.1 cm³/mol. The van der Waals surface area contributed by atoms with Crippen molar-refractivity contribution in [2.24, 2.45) is 0 Å². The molecule has 11 heteroatoms. The summed E-state index contributed by atoms with van der Waals surface area (Å²) >= 11 is 9.56. The minimum absolute atomic E-state index is 1.21. The average molecular weight is 281 g/mol. The molecule has 0 unspecified atom stereocenters. The molecule has 0 aromatic rings. The van der Waals surface area contributed by atoms with Crippen LogP contribution in [0.5, 0.6) is 0 Å². The van der Waals surface area contributed by atoms with Crippen molar-refractivity contribution < 1.29 is 44.7 Å². The van der Waals surface area contributed by atoms with Crippen LogP contribution >= 0.6 is 23.2 Å². The minimum atomic E-state index is -1.83. The molecule has 0 aromatic carbocycles. The van der Waals surface area contributed by atoms with Crippen LogP contribution in [0.25, 0.3) is 0 Å². The van der Waals surface area contributed by atoms with Crippen molar-refractivity contribution in [3.63, 3.8) is 0 Å². The first-order chi connectivity index (χ1) is 7.02. The zero-order chi connectivity index (χ0) is 13.9. The number of halogens is 2. The molecule has 5 N–H and O–H groups in total. The molecule has 0 heterocycles. The zero-order valence-corrected chi connectivity index (χ0v) is 8.71. The predicted octanol–water partition coefficient (Wildman–Crippen LogP) is 0.253. The van der Waals surface area contributed by atoms with E-state index in [1.807, 2.05) is 0 Å². The number of hydrogen-bond donors (Lipinski definition) is 5. The van der Waals surface area contributed by atoms with Crippen LogP contribution in [0.1, 0.15) is 0 Å². The van der Waals surface area contributed by atoms with Crippen LogP contribution in [0.2, 0.25) is 0 Å². The summed E-state index contributed by atoms with van der Waals surface area (Å²) in [6, 6.07) is 0. The highest BCUT2D eigenvalue weighted by molar-refractivity contribution is 6.52. The second-order valence-electron chi connectivity index (χ2n) is 1.53. The molecule has 0 bridgehead atoms. The summed E-state index contributed by atoms with van der Waals surface area (Å²) in [7, 11) is 0. The van der Waals surface area contributed by atoms with E-state index in [4.69, 9.17) is 63.1 Å². The number of carbonyl (C=O) groups is 4. The first-order valence-electron chi connectivity index (χ1n) is 2.91. The summed E-state index contributed by atoms with van der Waals surface area (Å²) in [6.45, 7) is 0. The third-order valence-corrected chi connectivity index (χ3v) is 0.743. The Morgan fingerprint density at radius 1 is 0.750 bits per heavy atom. The molecule has 0 spiro atoms. The highest BCUT2D eigenvalue weighted by Crippen LogP contribution is 1.98. The molecule has 0 saturated heterocycles. The van der Waals surface area contributed by atoms with Gasteiger partial charge in [0.1, 0.15) is 0 Å². The van der Waals surface area contributed by atoms with Gasteiger partial charge >= 0.3 is 24.1 Å². The molecular weight excluding hydrogens is 275 g/mol. The van der Waals surface area contributed by atoms with Crippen LogP contribution in [-0.2, 0) is 14.4 Å². The topological polar surface area (TPSA) is 169 Å². The van der Waals surface area contributed by atoms with Gasteiger partial charge in [-0.15, -0.1) is 0 Å². The maximum Gasteiger partial charge on any atom is 0.503 e. The van der Waals surface area contributed by atoms with E-state index in [1.165, 1.54) is 0 Å². The van der Waals surface area contributed by atoms with Gasteiger partial charge in [0.2, 0.25) is 4.84 Å². The van der Waals surface area contributed by atoms with Crippen molar-refractivity contribution in [2.75, 3.05) is 0 Å². The Balaban J connectivity index is -0.000000162. The largest absolute Gasteiger partial charge is 0.503 e. The van der Waals surface area contributed by atoms with Crippen molar-refractivity contribution in [2.45, 2.75) is 4.84 Å². The van der Waals surface area contributed by atoms with Crippen LogP contribution in [0.15, 0.2) is 0 Å². The van der Waals surface area contributed by atoms with E-state index in [9.17, 15) is 4.79 Å². The zero-order valence-electron chi connectivity index (χ0n) is 7.20. The van der Waals surface area contributed by atoms with Crippen LogP contribution in [-0.4, -0.2) is 54.4 Å². The maximum atomic E-state index is 9.44. The lowest BCUT2D eigenvalue weighted by molar-refractivity contribution is -0.159. The highest BCUT2D eigenvalue weighted by Gasteiger charge is 2.05. The minimum Gasteiger partial charge on any atom is -0.479 e. The molecule has 0 atom stereocenters. The van der Waals surface area contributed by atoms with Crippen LogP contribution in [0.3, 0.4) is 0 Å². The van der Waals surface area contributed by atoms with E-state index in [2.05, 4.69) is 0 Å². The van der Waals surface area contributed by atoms with Gasteiger partial charge in [-0.05, 0) is 0 Å². The molecule has 0 aromatic heterocycles. The Labute approximate surface area is 97.4 Å². The summed E-state index contributed by atoms with van der Waals surface area (Å²) in [4.78, 5) is 34.9. The van der Waals surface area contributed by atoms with Crippen LogP contribution in [0, 0.1) is 0 Å². The Bertz CT molecular complexity index is 245. The fourth-order valence-electron chi connectivity index (χ4n) is 0. The molecule has 0 aliphatic heterocycles. The number of carboxylic acid groups (broad SMARTS) is 5. The molecule has 94 valence electrons. The van der Waals surface area contributed by atoms with Gasteiger partial charge in [-0.1, -0.05) is 23.2 Å². The van der Waals surface area contributed by atoms with Crippen molar-refractivity contribution >= 4 is 47.3 Å². The maximum absolute atomic E-state index is 9.44. The van der Waals surface area contributed by atoms with Crippen molar-refractivity contribution in [3.05, 3.63) is 0 Å². The highest BCUT2D eigenvalue weighted by atomic mass is 35.5. The smallest absolute Gasteiger partial charge is 0.479 e. The van der Waals surface area contributed by atoms with Gasteiger partial charge < -0.3 is 25.5 Å². The van der Waals surface area contributed by atoms with Crippen molar-refractivity contribution in [3.8, 4) is 0 Å². The number of aliphatic carboxylic acids is 3. The van der Waals surface area contributed by atoms with Gasteiger partial charge in [-0.25, -0.2) is 19.2 Å². The fraction of sp³-hybridized carbons (Fsp3) is 0.200. The quantitative estimate of drug-likeness (QED) is 0.334. The van der Waals surface area contributed by atoms with Gasteiger partial charge in [0, 0.05) is 0 Å². The lowest BCUT2D eigenvalue weighted by Gasteiger charge is -1.84. The van der Waals surface area contributed by atoms with Gasteiger partial charge in [0.25, 0.3) is 0 Å². The SMILES string of the molecule is O=C(O)C(=O)O.O=C(O)C(Cl)Cl.O=C(O)O. The lowest BCUT2D eigenvalue weighted by atomic mass is 10.7. The number of hydrogen-bond acceptors (Lipinski definition) is 4. The molecule has 16 heavy (non-hydrogen) atoms. The molecule has 0 aliphatic carbocycles. The molecule has 0 rings (SSSR count). The Morgan fingerprint density at radius 2 is 0.875 bits per heavy atom. The van der Waals surface area contributed by atoms with E-state index >= 15 is 0 Å². The third-order valence-electron chi connectivity index (χ3n) is 0.370. The molecule has 0 amide bonds. The van der Waals surface area contributed by atoms with Crippen LogP contribution < -0.4 is 0 Å². The van der Waals surface area contributed by atoms with Crippen LogP contribution in [0.4, 0.5) is 4.79 Å². The monoisotopic (exact) mass is 280 g/mol. The Morgan fingerprint density at radius 3 is 0.875 bits per heavy atom. The normalized spacial score (nSPS) is 7.69. The first kappa shape index (κ1) is 19.8. The van der Waals surface area contributed by atoms with Crippen molar-refractivity contribution in [1.82, 2.24) is 0 Å². The molecule has 0 aliphatic rings. The van der Waals surface area contributed by atoms with E-state index in [0.29, 0.717) is 0 Å². The third kappa shape index (κ3) is 39.7. The standard InChI is InChI=1S/C2H2Cl2O2.C2H2O4.CH2O3/c2*3-1(4)2(5)6;2-1(3)4/h1H,(H,5,6);(H,3,4)(H,5,6);(H2,2,3,4). The lowest BCUT2D eigenvalue weighted by Crippen LogP contribution is -2.09. The first-order valence-corrected chi connectivity index (χ1v) is 3.78. The summed E-state index contributed by atoms with van der Waals surface area (Å²) < 4.78 is 0. The molecule has 9 nitrogen and oxygen atoms in total. The number of alkyl halides is 2. The second-order valence-corrected chi connectivity index (χ2v) is 2.63. The molecular formula is C5H6Cl2O9. The average Bonchev–Trinajstić information content (AvgIpc) is 2.03. The number of rotatable bonds is 1. The summed E-state index contributed by atoms with van der Waals surface area (Å²) in [5.41, 5.74) is 0. The van der Waals surface area contributed by atoms with E-state index in [-0.39, 0.29) is 0 Å². The van der Waals surface area contributed by atoms with E-state index < -0.39 is 28.9 Å². The fourth-order valence-corrected chi connectivity index (χ4v) is 0. The summed E-state index contributed by atoms with van der Waals surface area (Å²) in [5.74, 6) is -4.86. The summed E-state index contributed by atoms with van der Waals surface area (Å²) in [6.07, 6.45) is -1.83. The summed E-state index contributed by atoms with van der Waals surface area (Å²) in [5, 5.41) is 36.5. The second kappa shape index (κ2) is 11.3. The number of carboxylic acids is 3. The van der Waals surface area contributed by atoms with Gasteiger partial charge in [0.05, 0.1) is 0 Å². The van der Waals surface area contributed by atoms with Gasteiger partial charge in [0.15, 0.2) is 0 Å². The Hall–Kier alpha value is -1.74. The van der Waals surface area contributed by atoms with Gasteiger partial charge in [-0.3, -0.25) is 0 Å². The van der Waals surface area contributed by atoms with E-state index in [1.54, 1.807) is 0 Å². The molecule has 0 saturated carbocycles. The Kier molecular flexibility index (Phi) is 14.0. The molecule has 0 radical (unpaired) electrons. The molecule has 0 fully saturated rings.